The summed E-state index contributed by atoms with van der Waals surface area (Å²) >= 11 is 3.56. The number of carbonyl (C=O) groups is 1. The summed E-state index contributed by atoms with van der Waals surface area (Å²) in [6.45, 7) is 1.84. The van der Waals surface area contributed by atoms with Crippen LogP contribution in [0.5, 0.6) is 0 Å². The Bertz CT molecular complexity index is 800. The molecule has 1 atom stereocenters. The smallest absolute Gasteiger partial charge is 0.181 e. The third-order valence-electron chi connectivity index (χ3n) is 3.39. The van der Waals surface area contributed by atoms with E-state index in [9.17, 15) is 4.79 Å². The molecule has 1 unspecified atom stereocenters. The molecule has 2 aromatic heterocycles. The van der Waals surface area contributed by atoms with Crippen molar-refractivity contribution in [3.8, 4) is 0 Å². The Morgan fingerprint density at radius 1 is 1.50 bits per heavy atom. The van der Waals surface area contributed by atoms with Gasteiger partial charge >= 0.3 is 0 Å². The zero-order valence-corrected chi connectivity index (χ0v) is 15.5. The monoisotopic (exact) mass is 444 g/mol. The Morgan fingerprint density at radius 2 is 2.32 bits per heavy atom. The number of Topliss-reactive ketones (excluding diaryl/α,β-unsaturated/α-hetero) is 1. The fourth-order valence-electron chi connectivity index (χ4n) is 2.29. The van der Waals surface area contributed by atoms with E-state index in [0.29, 0.717) is 12.1 Å². The highest BCUT2D eigenvalue weighted by Gasteiger charge is 2.23. The second-order valence-corrected chi connectivity index (χ2v) is 6.96. The highest BCUT2D eigenvalue weighted by Crippen LogP contribution is 2.37. The summed E-state index contributed by atoms with van der Waals surface area (Å²) in [5.74, 6) is 0.0577. The fraction of sp³-hybridized carbons (Fsp3) is 0.200. The fourth-order valence-corrected chi connectivity index (χ4v) is 4.11. The molecule has 0 saturated carbocycles. The normalized spacial score (nSPS) is 12.6. The molecule has 0 saturated heterocycles. The lowest BCUT2D eigenvalue weighted by atomic mass is 10.1. The van der Waals surface area contributed by atoms with E-state index >= 15 is 0 Å². The van der Waals surface area contributed by atoms with E-state index < -0.39 is 0 Å². The van der Waals surface area contributed by atoms with E-state index in [1.54, 1.807) is 0 Å². The Morgan fingerprint density at radius 3 is 3.09 bits per heavy atom. The van der Waals surface area contributed by atoms with E-state index in [-0.39, 0.29) is 11.9 Å². The van der Waals surface area contributed by atoms with Crippen molar-refractivity contribution in [3.05, 3.63) is 52.1 Å². The minimum absolute atomic E-state index is 0.0577. The van der Waals surface area contributed by atoms with Gasteiger partial charge in [-0.05, 0) is 6.07 Å². The number of para-hydroxylation sites is 1. The predicted octanol–water partition coefficient (Wildman–Crippen LogP) is 5.32. The average molecular weight is 444 g/mol. The number of hydrogen-bond acceptors (Lipinski definition) is 5. The van der Waals surface area contributed by atoms with Crippen LogP contribution in [-0.4, -0.2) is 15.8 Å². The molecule has 1 N–H and O–H groups in total. The maximum absolute atomic E-state index is 11.8. The minimum atomic E-state index is -0.290. The van der Waals surface area contributed by atoms with Crippen molar-refractivity contribution in [2.24, 2.45) is 0 Å². The van der Waals surface area contributed by atoms with Crippen molar-refractivity contribution in [1.82, 2.24) is 9.97 Å². The third-order valence-corrected chi connectivity index (χ3v) is 5.17. The van der Waals surface area contributed by atoms with Gasteiger partial charge in [-0.15, -0.1) is 11.3 Å². The number of ketones is 1. The molecule has 0 aliphatic heterocycles. The summed E-state index contributed by atoms with van der Waals surface area (Å²) in [7, 11) is 1.27. The molecule has 0 aliphatic rings. The van der Waals surface area contributed by atoms with Gasteiger partial charge in [-0.3, -0.25) is 8.98 Å². The molecule has 0 fully saturated rings. The second kappa shape index (κ2) is 7.12. The Kier molecular flexibility index (Phi) is 5.17. The van der Waals surface area contributed by atoms with E-state index in [1.165, 1.54) is 20.6 Å². The molecule has 0 spiro atoms. The van der Waals surface area contributed by atoms with Crippen LogP contribution in [-0.2, 0) is 4.18 Å². The highest BCUT2D eigenvalue weighted by atomic mass is 127. The molecule has 22 heavy (non-hydrogen) atoms. The summed E-state index contributed by atoms with van der Waals surface area (Å²) < 4.78 is 5.83. The van der Waals surface area contributed by atoms with Crippen molar-refractivity contribution in [2.75, 3.05) is 0 Å². The zero-order chi connectivity index (χ0) is 15.5. The lowest BCUT2D eigenvalue weighted by Gasteiger charge is -2.11. The standard InChI is InChI=1S/C15H13IN2O2S2/c1-2-13(19)12-8-21-15(18-12)14(20-22-16)10-7-17-11-6-4-3-5-9(10)11/h3-8,14,17H,2H2,1H3. The molecule has 2 heterocycles. The largest absolute Gasteiger partial charge is 0.361 e. The third kappa shape index (κ3) is 3.08. The van der Waals surface area contributed by atoms with Gasteiger partial charge in [-0.1, -0.05) is 25.1 Å². The molecule has 0 radical (unpaired) electrons. The summed E-state index contributed by atoms with van der Waals surface area (Å²) in [6.07, 6.45) is 2.12. The topological polar surface area (TPSA) is 55.0 Å². The van der Waals surface area contributed by atoms with E-state index in [1.807, 2.05) is 36.7 Å². The Hall–Kier alpha value is -0.900. The number of nitrogens with one attached hydrogen (secondary N) is 1. The number of fused-ring (bicyclic) bond motifs is 1. The molecule has 4 nitrogen and oxygen atoms in total. The van der Waals surface area contributed by atoms with Crippen LogP contribution in [0.15, 0.2) is 35.8 Å². The first-order valence-electron chi connectivity index (χ1n) is 6.73. The van der Waals surface area contributed by atoms with Crippen LogP contribution < -0.4 is 0 Å². The summed E-state index contributed by atoms with van der Waals surface area (Å²) in [5.41, 5.74) is 2.62. The van der Waals surface area contributed by atoms with Gasteiger partial charge in [0.25, 0.3) is 0 Å². The molecule has 3 aromatic rings. The van der Waals surface area contributed by atoms with Gasteiger partial charge in [0, 0.05) is 55.7 Å². The molecule has 7 heteroatoms. The van der Waals surface area contributed by atoms with E-state index in [2.05, 4.69) is 37.2 Å². The van der Waals surface area contributed by atoms with Crippen LogP contribution in [0.2, 0.25) is 0 Å². The predicted molar refractivity (Wildman–Crippen MR) is 99.6 cm³/mol. The second-order valence-electron chi connectivity index (χ2n) is 4.68. The van der Waals surface area contributed by atoms with Gasteiger partial charge in [0.05, 0.1) is 9.21 Å². The lowest BCUT2D eigenvalue weighted by Crippen LogP contribution is -2.03. The lowest BCUT2D eigenvalue weighted by molar-refractivity contribution is 0.0983. The van der Waals surface area contributed by atoms with Gasteiger partial charge in [0.2, 0.25) is 0 Å². The molecular weight excluding hydrogens is 431 g/mol. The van der Waals surface area contributed by atoms with Crippen molar-refractivity contribution >= 4 is 58.4 Å². The highest BCUT2D eigenvalue weighted by molar-refractivity contribution is 14.2. The maximum atomic E-state index is 11.8. The number of rotatable bonds is 6. The number of benzene rings is 1. The molecular formula is C15H13IN2O2S2. The minimum Gasteiger partial charge on any atom is -0.361 e. The summed E-state index contributed by atoms with van der Waals surface area (Å²) in [4.78, 5) is 19.5. The van der Waals surface area contributed by atoms with Gasteiger partial charge < -0.3 is 4.98 Å². The number of halogens is 1. The van der Waals surface area contributed by atoms with Crippen LogP contribution in [0.3, 0.4) is 0 Å². The van der Waals surface area contributed by atoms with Crippen LogP contribution in [0.4, 0.5) is 0 Å². The Balaban J connectivity index is 2.02. The van der Waals surface area contributed by atoms with Gasteiger partial charge in [0.1, 0.15) is 10.7 Å². The van der Waals surface area contributed by atoms with Gasteiger partial charge in [-0.2, -0.15) is 0 Å². The van der Waals surface area contributed by atoms with Crippen molar-refractivity contribution in [1.29, 1.82) is 0 Å². The number of hydrogen-bond donors (Lipinski definition) is 1. The van der Waals surface area contributed by atoms with E-state index in [4.69, 9.17) is 4.18 Å². The first kappa shape index (κ1) is 16.0. The molecule has 0 bridgehead atoms. The molecule has 3 rings (SSSR count). The molecule has 114 valence electrons. The number of thiazole rings is 1. The number of H-pyrrole nitrogens is 1. The van der Waals surface area contributed by atoms with Crippen LogP contribution in [0.25, 0.3) is 10.9 Å². The van der Waals surface area contributed by atoms with Crippen molar-refractivity contribution in [3.63, 3.8) is 0 Å². The SMILES string of the molecule is CCC(=O)c1csc(C(OSI)c2c[nH]c3ccccc23)n1. The number of aromatic nitrogens is 2. The van der Waals surface area contributed by atoms with Crippen molar-refractivity contribution < 1.29 is 8.98 Å². The summed E-state index contributed by atoms with van der Waals surface area (Å²) in [6, 6.07) is 8.08. The molecule has 0 amide bonds. The number of nitrogens with zero attached hydrogens (tertiary/aromatic N) is 1. The first-order valence-corrected chi connectivity index (χ1v) is 10.9. The van der Waals surface area contributed by atoms with Crippen LogP contribution in [0.1, 0.15) is 40.5 Å². The van der Waals surface area contributed by atoms with Crippen molar-refractivity contribution in [2.45, 2.75) is 19.4 Å². The summed E-state index contributed by atoms with van der Waals surface area (Å²) in [5, 5.41) is 3.71. The van der Waals surface area contributed by atoms with Gasteiger partial charge in [-0.25, -0.2) is 4.98 Å². The molecule has 1 aromatic carbocycles. The number of aromatic amines is 1. The number of carbonyl (C=O) groups excluding carboxylic acids is 1. The molecule has 0 aliphatic carbocycles. The van der Waals surface area contributed by atoms with Gasteiger partial charge in [0.15, 0.2) is 11.9 Å². The van der Waals surface area contributed by atoms with Crippen LogP contribution >= 0.6 is 41.8 Å². The van der Waals surface area contributed by atoms with Crippen LogP contribution in [0, 0.1) is 0 Å². The van der Waals surface area contributed by atoms with E-state index in [0.717, 1.165) is 21.5 Å². The Labute approximate surface area is 148 Å². The average Bonchev–Trinajstić information content (AvgIpc) is 3.19. The quantitative estimate of drug-likeness (QED) is 0.318. The maximum Gasteiger partial charge on any atom is 0.181 e. The zero-order valence-electron chi connectivity index (χ0n) is 11.7. The first-order chi connectivity index (χ1) is 10.7.